The van der Waals surface area contributed by atoms with Gasteiger partial charge in [0.15, 0.2) is 0 Å². The van der Waals surface area contributed by atoms with E-state index in [1.807, 2.05) is 39.8 Å². The molecule has 0 aliphatic heterocycles. The minimum Gasteiger partial charge on any atom is -0.444 e. The highest BCUT2D eigenvalue weighted by atomic mass is 16.6. The van der Waals surface area contributed by atoms with Crippen LogP contribution in [0.2, 0.25) is 0 Å². The summed E-state index contributed by atoms with van der Waals surface area (Å²) in [4.78, 5) is 11.8. The zero-order valence-electron chi connectivity index (χ0n) is 14.4. The van der Waals surface area contributed by atoms with E-state index in [1.165, 1.54) is 0 Å². The van der Waals surface area contributed by atoms with Crippen LogP contribution in [0.15, 0.2) is 18.2 Å². The van der Waals surface area contributed by atoms with Crippen molar-refractivity contribution in [2.45, 2.75) is 64.6 Å². The molecular formula is C19H26N2O2. The molecule has 2 atom stereocenters. The first kappa shape index (κ1) is 17.2. The van der Waals surface area contributed by atoms with Gasteiger partial charge in [-0.1, -0.05) is 12.0 Å². The zero-order chi connectivity index (χ0) is 17.0. The molecule has 1 aliphatic rings. The average Bonchev–Trinajstić information content (AvgIpc) is 2.85. The van der Waals surface area contributed by atoms with Gasteiger partial charge in [-0.25, -0.2) is 4.79 Å². The van der Waals surface area contributed by atoms with E-state index < -0.39 is 5.60 Å². The average molecular weight is 314 g/mol. The number of nitrogens with one attached hydrogen (secondary N) is 2. The van der Waals surface area contributed by atoms with Crippen LogP contribution in [-0.2, 0) is 4.74 Å². The topological polar surface area (TPSA) is 50.4 Å². The molecule has 23 heavy (non-hydrogen) atoms. The van der Waals surface area contributed by atoms with Crippen LogP contribution in [0.25, 0.3) is 0 Å². The summed E-state index contributed by atoms with van der Waals surface area (Å²) in [6, 6.07) is 6.54. The lowest BCUT2D eigenvalue weighted by Crippen LogP contribution is -2.38. The summed E-state index contributed by atoms with van der Waals surface area (Å²) in [6.07, 6.45) is 8.05. The molecule has 0 bridgehead atoms. The Hall–Kier alpha value is -2.15. The molecule has 1 fully saturated rings. The molecule has 1 aromatic rings. The van der Waals surface area contributed by atoms with Crippen molar-refractivity contribution in [3.05, 3.63) is 29.3 Å². The fraction of sp³-hybridized carbons (Fsp3) is 0.526. The Labute approximate surface area is 139 Å². The van der Waals surface area contributed by atoms with Crippen LogP contribution >= 0.6 is 0 Å². The highest BCUT2D eigenvalue weighted by Crippen LogP contribution is 2.25. The van der Waals surface area contributed by atoms with Crippen molar-refractivity contribution >= 4 is 11.8 Å². The van der Waals surface area contributed by atoms with Crippen LogP contribution in [0.5, 0.6) is 0 Å². The number of hydrogen-bond donors (Lipinski definition) is 2. The number of aryl methyl sites for hydroxylation is 1. The molecule has 0 spiro atoms. The fourth-order valence-corrected chi connectivity index (χ4v) is 2.84. The van der Waals surface area contributed by atoms with Gasteiger partial charge in [-0.3, -0.25) is 0 Å². The molecule has 1 aliphatic carbocycles. The first-order valence-corrected chi connectivity index (χ1v) is 8.10. The molecule has 0 heterocycles. The van der Waals surface area contributed by atoms with E-state index in [1.54, 1.807) is 0 Å². The second-order valence-corrected chi connectivity index (χ2v) is 7.19. The Bertz CT molecular complexity index is 611. The van der Waals surface area contributed by atoms with E-state index in [4.69, 9.17) is 11.2 Å². The molecule has 0 aromatic heterocycles. The third kappa shape index (κ3) is 5.21. The number of benzene rings is 1. The molecule has 1 amide bonds. The predicted molar refractivity (Wildman–Crippen MR) is 93.5 cm³/mol. The number of rotatable bonds is 3. The Morgan fingerprint density at radius 2 is 2.00 bits per heavy atom. The molecule has 1 aromatic carbocycles. The van der Waals surface area contributed by atoms with Crippen LogP contribution in [0, 0.1) is 19.3 Å². The first-order chi connectivity index (χ1) is 10.8. The summed E-state index contributed by atoms with van der Waals surface area (Å²) < 4.78 is 5.31. The van der Waals surface area contributed by atoms with E-state index >= 15 is 0 Å². The Morgan fingerprint density at radius 3 is 2.65 bits per heavy atom. The van der Waals surface area contributed by atoms with Crippen LogP contribution < -0.4 is 10.6 Å². The Kier molecular flexibility index (Phi) is 5.20. The van der Waals surface area contributed by atoms with E-state index in [9.17, 15) is 4.79 Å². The summed E-state index contributed by atoms with van der Waals surface area (Å²) in [6.45, 7) is 7.62. The fourth-order valence-electron chi connectivity index (χ4n) is 2.84. The SMILES string of the molecule is C#Cc1cc(C)ccc1NC1CC[C@@H](NC(=O)OC(C)(C)C)C1. The maximum Gasteiger partial charge on any atom is 0.407 e. The van der Waals surface area contributed by atoms with Crippen molar-refractivity contribution in [3.63, 3.8) is 0 Å². The molecule has 0 radical (unpaired) electrons. The summed E-state index contributed by atoms with van der Waals surface area (Å²) in [7, 11) is 0. The summed E-state index contributed by atoms with van der Waals surface area (Å²) in [5, 5.41) is 6.45. The molecule has 1 unspecified atom stereocenters. The van der Waals surface area contributed by atoms with E-state index in [0.717, 1.165) is 36.1 Å². The van der Waals surface area contributed by atoms with E-state index in [0.29, 0.717) is 6.04 Å². The predicted octanol–water partition coefficient (Wildman–Crippen LogP) is 3.83. The number of carbonyl (C=O) groups excluding carboxylic acids is 1. The monoisotopic (exact) mass is 314 g/mol. The molecular weight excluding hydrogens is 288 g/mol. The Morgan fingerprint density at radius 1 is 1.30 bits per heavy atom. The largest absolute Gasteiger partial charge is 0.444 e. The van der Waals surface area contributed by atoms with E-state index in [2.05, 4.69) is 22.6 Å². The highest BCUT2D eigenvalue weighted by molar-refractivity contribution is 5.68. The summed E-state index contributed by atoms with van der Waals surface area (Å²) in [5.74, 6) is 2.73. The van der Waals surface area contributed by atoms with Gasteiger partial charge in [-0.15, -0.1) is 6.42 Å². The van der Waals surface area contributed by atoms with Gasteiger partial charge in [0.05, 0.1) is 5.69 Å². The maximum absolute atomic E-state index is 11.8. The standard InChI is InChI=1S/C19H26N2O2/c1-6-14-11-13(2)7-10-17(14)20-15-8-9-16(12-15)21-18(22)23-19(3,4)5/h1,7,10-11,15-16,20H,8-9,12H2,2-5H3,(H,21,22)/t15?,16-/m1/s1. The van der Waals surface area contributed by atoms with Gasteiger partial charge < -0.3 is 15.4 Å². The van der Waals surface area contributed by atoms with Gasteiger partial charge in [0.25, 0.3) is 0 Å². The summed E-state index contributed by atoms with van der Waals surface area (Å²) >= 11 is 0. The first-order valence-electron chi connectivity index (χ1n) is 8.10. The number of anilines is 1. The molecule has 4 heteroatoms. The minimum absolute atomic E-state index is 0.141. The minimum atomic E-state index is -0.468. The maximum atomic E-state index is 11.8. The van der Waals surface area contributed by atoms with Gasteiger partial charge >= 0.3 is 6.09 Å². The highest BCUT2D eigenvalue weighted by Gasteiger charge is 2.27. The van der Waals surface area contributed by atoms with Crippen molar-refractivity contribution in [3.8, 4) is 12.3 Å². The van der Waals surface area contributed by atoms with Crippen molar-refractivity contribution in [1.82, 2.24) is 5.32 Å². The molecule has 2 N–H and O–H groups in total. The molecule has 4 nitrogen and oxygen atoms in total. The third-order valence-electron chi connectivity index (χ3n) is 3.84. The second-order valence-electron chi connectivity index (χ2n) is 7.19. The van der Waals surface area contributed by atoms with Crippen molar-refractivity contribution in [2.75, 3.05) is 5.32 Å². The molecule has 1 saturated carbocycles. The Balaban J connectivity index is 1.89. The molecule has 0 saturated heterocycles. The van der Waals surface area contributed by atoms with Gasteiger partial charge in [0, 0.05) is 17.6 Å². The smallest absolute Gasteiger partial charge is 0.407 e. The quantitative estimate of drug-likeness (QED) is 0.834. The van der Waals surface area contributed by atoms with Crippen molar-refractivity contribution in [2.24, 2.45) is 0 Å². The van der Waals surface area contributed by atoms with Gasteiger partial charge in [0.1, 0.15) is 5.60 Å². The number of terminal acetylenes is 1. The van der Waals surface area contributed by atoms with Crippen LogP contribution in [-0.4, -0.2) is 23.8 Å². The lowest BCUT2D eigenvalue weighted by molar-refractivity contribution is 0.0505. The number of amides is 1. The van der Waals surface area contributed by atoms with Crippen molar-refractivity contribution < 1.29 is 9.53 Å². The lowest BCUT2D eigenvalue weighted by Gasteiger charge is -2.22. The molecule has 124 valence electrons. The van der Waals surface area contributed by atoms with Gasteiger partial charge in [-0.2, -0.15) is 0 Å². The number of ether oxygens (including phenoxy) is 1. The second kappa shape index (κ2) is 6.95. The van der Waals surface area contributed by atoms with Crippen molar-refractivity contribution in [1.29, 1.82) is 0 Å². The van der Waals surface area contributed by atoms with E-state index in [-0.39, 0.29) is 12.1 Å². The third-order valence-corrected chi connectivity index (χ3v) is 3.84. The van der Waals surface area contributed by atoms with Crippen LogP contribution in [0.3, 0.4) is 0 Å². The van der Waals surface area contributed by atoms with Gasteiger partial charge in [-0.05, 0) is 64.7 Å². The normalized spacial score (nSPS) is 20.7. The lowest BCUT2D eigenvalue weighted by atomic mass is 10.1. The molecule has 2 rings (SSSR count). The number of carbonyl (C=O) groups is 1. The van der Waals surface area contributed by atoms with Crippen LogP contribution in [0.1, 0.15) is 51.2 Å². The zero-order valence-corrected chi connectivity index (χ0v) is 14.4. The summed E-state index contributed by atoms with van der Waals surface area (Å²) in [5.41, 5.74) is 2.55. The number of hydrogen-bond acceptors (Lipinski definition) is 3. The number of alkyl carbamates (subject to hydrolysis) is 1. The van der Waals surface area contributed by atoms with Crippen LogP contribution in [0.4, 0.5) is 10.5 Å². The van der Waals surface area contributed by atoms with Gasteiger partial charge in [0.2, 0.25) is 0 Å².